The molecule has 0 rings (SSSR count). The maximum Gasteiger partial charge on any atom is 0.407 e. The van der Waals surface area contributed by atoms with E-state index in [1.54, 1.807) is 27.7 Å². The van der Waals surface area contributed by atoms with Crippen molar-refractivity contribution < 1.29 is 29.0 Å². The number of carbonyl (C=O) groups is 3. The van der Waals surface area contributed by atoms with Crippen LogP contribution in [0.1, 0.15) is 48.0 Å². The smallest absolute Gasteiger partial charge is 0.407 e. The number of carbonyl (C=O) groups excluding carboxylic acids is 2. The molecule has 2 unspecified atom stereocenters. The average Bonchev–Trinajstić information content (AvgIpc) is 2.32. The summed E-state index contributed by atoms with van der Waals surface area (Å²) in [7, 11) is 0. The van der Waals surface area contributed by atoms with E-state index in [1.807, 2.05) is 13.8 Å². The first kappa shape index (κ1) is 20.2. The van der Waals surface area contributed by atoms with Gasteiger partial charge in [0, 0.05) is 6.54 Å². The monoisotopic (exact) mass is 317 g/mol. The highest BCUT2D eigenvalue weighted by molar-refractivity contribution is 5.79. The number of rotatable bonds is 7. The molecular formula is C15H27NO6. The van der Waals surface area contributed by atoms with Gasteiger partial charge in [-0.25, -0.2) is 9.59 Å². The van der Waals surface area contributed by atoms with Crippen LogP contribution in [0.15, 0.2) is 0 Å². The van der Waals surface area contributed by atoms with Crippen molar-refractivity contribution in [3.05, 3.63) is 0 Å². The minimum absolute atomic E-state index is 0.0156. The van der Waals surface area contributed by atoms with Crippen LogP contribution in [0, 0.1) is 11.8 Å². The summed E-state index contributed by atoms with van der Waals surface area (Å²) < 4.78 is 10.0. The third-order valence-corrected chi connectivity index (χ3v) is 2.57. The number of esters is 1. The maximum atomic E-state index is 11.9. The summed E-state index contributed by atoms with van der Waals surface area (Å²) in [5.74, 6) is -2.41. The van der Waals surface area contributed by atoms with Crippen LogP contribution in [0.5, 0.6) is 0 Å². The third-order valence-electron chi connectivity index (χ3n) is 2.57. The fourth-order valence-corrected chi connectivity index (χ4v) is 1.52. The number of hydrogen-bond donors (Lipinski definition) is 2. The minimum atomic E-state index is -1.17. The molecule has 0 fully saturated rings. The highest BCUT2D eigenvalue weighted by atomic mass is 16.6. The molecular weight excluding hydrogens is 290 g/mol. The molecule has 0 aliphatic rings. The first-order valence-electron chi connectivity index (χ1n) is 7.32. The van der Waals surface area contributed by atoms with E-state index in [4.69, 9.17) is 14.6 Å². The number of aliphatic carboxylic acids is 1. The first-order chi connectivity index (χ1) is 9.92. The Balaban J connectivity index is 4.36. The number of carboxylic acids is 1. The Morgan fingerprint density at radius 2 is 1.68 bits per heavy atom. The van der Waals surface area contributed by atoms with E-state index >= 15 is 0 Å². The van der Waals surface area contributed by atoms with Crippen LogP contribution in [0.3, 0.4) is 0 Å². The molecule has 0 radical (unpaired) electrons. The molecule has 0 aromatic carbocycles. The van der Waals surface area contributed by atoms with Crippen LogP contribution >= 0.6 is 0 Å². The zero-order chi connectivity index (χ0) is 17.5. The van der Waals surface area contributed by atoms with Crippen LogP contribution in [0.2, 0.25) is 0 Å². The summed E-state index contributed by atoms with van der Waals surface area (Å²) >= 11 is 0. The Bertz CT molecular complexity index is 399. The molecule has 0 aromatic heterocycles. The van der Waals surface area contributed by atoms with Crippen molar-refractivity contribution in [2.75, 3.05) is 6.54 Å². The zero-order valence-electron chi connectivity index (χ0n) is 14.1. The van der Waals surface area contributed by atoms with Crippen LogP contribution in [-0.4, -0.2) is 41.4 Å². The van der Waals surface area contributed by atoms with Crippen LogP contribution in [0.25, 0.3) is 0 Å². The minimum Gasteiger partial charge on any atom is -0.479 e. The lowest BCUT2D eigenvalue weighted by atomic mass is 10.1. The van der Waals surface area contributed by atoms with E-state index in [0.29, 0.717) is 0 Å². The lowest BCUT2D eigenvalue weighted by Crippen LogP contribution is -2.38. The summed E-state index contributed by atoms with van der Waals surface area (Å²) in [5.41, 5.74) is -0.625. The fraction of sp³-hybridized carbons (Fsp3) is 0.800. The molecule has 2 atom stereocenters. The molecule has 0 aromatic rings. The number of nitrogens with one attached hydrogen (secondary N) is 1. The molecule has 0 heterocycles. The van der Waals surface area contributed by atoms with E-state index in [0.717, 1.165) is 0 Å². The second kappa shape index (κ2) is 8.60. The number of ether oxygens (including phenoxy) is 2. The van der Waals surface area contributed by atoms with Gasteiger partial charge in [-0.3, -0.25) is 4.79 Å². The molecule has 1 amide bonds. The van der Waals surface area contributed by atoms with E-state index in [9.17, 15) is 14.4 Å². The van der Waals surface area contributed by atoms with Gasteiger partial charge in [0.05, 0.1) is 5.92 Å². The summed E-state index contributed by atoms with van der Waals surface area (Å²) in [6.07, 6.45) is -1.56. The largest absolute Gasteiger partial charge is 0.479 e. The number of alkyl carbamates (subject to hydrolysis) is 1. The zero-order valence-corrected chi connectivity index (χ0v) is 14.1. The van der Waals surface area contributed by atoms with Gasteiger partial charge in [0.1, 0.15) is 5.60 Å². The van der Waals surface area contributed by atoms with Crippen molar-refractivity contribution in [3.8, 4) is 0 Å². The van der Waals surface area contributed by atoms with Crippen molar-refractivity contribution >= 4 is 18.0 Å². The van der Waals surface area contributed by atoms with Gasteiger partial charge in [-0.15, -0.1) is 0 Å². The molecule has 0 bridgehead atoms. The van der Waals surface area contributed by atoms with Gasteiger partial charge in [0.25, 0.3) is 0 Å². The molecule has 0 aliphatic heterocycles. The average molecular weight is 317 g/mol. The normalized spacial score (nSPS) is 14.1. The number of carboxylic acid groups (broad SMARTS) is 1. The summed E-state index contributed by atoms with van der Waals surface area (Å²) in [4.78, 5) is 34.4. The Kier molecular flexibility index (Phi) is 7.90. The maximum absolute atomic E-state index is 11.9. The summed E-state index contributed by atoms with van der Waals surface area (Å²) in [5, 5.41) is 11.5. The van der Waals surface area contributed by atoms with Crippen LogP contribution in [0.4, 0.5) is 4.79 Å². The van der Waals surface area contributed by atoms with Gasteiger partial charge < -0.3 is 19.9 Å². The lowest BCUT2D eigenvalue weighted by molar-refractivity contribution is -0.167. The standard InChI is InChI=1S/C15H27NO6/c1-9(2)7-11(12(17)18)21-13(19)10(3)8-16-14(20)22-15(4,5)6/h9-11H,7-8H2,1-6H3,(H,16,20)(H,17,18). The molecule has 0 saturated carbocycles. The Morgan fingerprint density at radius 3 is 2.09 bits per heavy atom. The van der Waals surface area contributed by atoms with Gasteiger partial charge in [0.2, 0.25) is 0 Å². The Hall–Kier alpha value is -1.79. The lowest BCUT2D eigenvalue weighted by Gasteiger charge is -2.21. The predicted octanol–water partition coefficient (Wildman–Crippen LogP) is 2.19. The van der Waals surface area contributed by atoms with E-state index in [-0.39, 0.29) is 18.9 Å². The second-order valence-corrected chi connectivity index (χ2v) is 6.68. The third kappa shape index (κ3) is 9.20. The van der Waals surface area contributed by atoms with Crippen molar-refractivity contribution in [1.29, 1.82) is 0 Å². The summed E-state index contributed by atoms with van der Waals surface area (Å²) in [6.45, 7) is 10.4. The van der Waals surface area contributed by atoms with Gasteiger partial charge in [-0.2, -0.15) is 0 Å². The van der Waals surface area contributed by atoms with Crippen molar-refractivity contribution in [3.63, 3.8) is 0 Å². The van der Waals surface area contributed by atoms with Crippen LogP contribution < -0.4 is 5.32 Å². The molecule has 22 heavy (non-hydrogen) atoms. The highest BCUT2D eigenvalue weighted by Crippen LogP contribution is 2.11. The molecule has 2 N–H and O–H groups in total. The van der Waals surface area contributed by atoms with E-state index < -0.39 is 35.7 Å². The van der Waals surface area contributed by atoms with Crippen molar-refractivity contribution in [1.82, 2.24) is 5.32 Å². The van der Waals surface area contributed by atoms with Crippen molar-refractivity contribution in [2.24, 2.45) is 11.8 Å². The van der Waals surface area contributed by atoms with Gasteiger partial charge in [-0.05, 0) is 33.1 Å². The van der Waals surface area contributed by atoms with Crippen LogP contribution in [-0.2, 0) is 19.1 Å². The Labute approximate surface area is 131 Å². The highest BCUT2D eigenvalue weighted by Gasteiger charge is 2.26. The Morgan fingerprint density at radius 1 is 1.14 bits per heavy atom. The predicted molar refractivity (Wildman–Crippen MR) is 80.4 cm³/mol. The molecule has 7 heteroatoms. The van der Waals surface area contributed by atoms with Crippen molar-refractivity contribution in [2.45, 2.75) is 59.7 Å². The molecule has 0 spiro atoms. The second-order valence-electron chi connectivity index (χ2n) is 6.68. The number of hydrogen-bond acceptors (Lipinski definition) is 5. The van der Waals surface area contributed by atoms with E-state index in [1.165, 1.54) is 0 Å². The van der Waals surface area contributed by atoms with Gasteiger partial charge >= 0.3 is 18.0 Å². The van der Waals surface area contributed by atoms with Gasteiger partial charge in [-0.1, -0.05) is 20.8 Å². The first-order valence-corrected chi connectivity index (χ1v) is 7.32. The summed E-state index contributed by atoms with van der Waals surface area (Å²) in [6, 6.07) is 0. The molecule has 0 aliphatic carbocycles. The number of amides is 1. The quantitative estimate of drug-likeness (QED) is 0.698. The molecule has 7 nitrogen and oxygen atoms in total. The topological polar surface area (TPSA) is 102 Å². The SMILES string of the molecule is CC(C)CC(OC(=O)C(C)CNC(=O)OC(C)(C)C)C(=O)O. The molecule has 128 valence electrons. The molecule has 0 saturated heterocycles. The van der Waals surface area contributed by atoms with Gasteiger partial charge in [0.15, 0.2) is 6.10 Å². The fourth-order valence-electron chi connectivity index (χ4n) is 1.52. The van der Waals surface area contributed by atoms with E-state index in [2.05, 4.69) is 5.32 Å².